The van der Waals surface area contributed by atoms with Crippen molar-refractivity contribution in [3.05, 3.63) is 35.4 Å². The van der Waals surface area contributed by atoms with E-state index in [1.807, 2.05) is 12.1 Å². The summed E-state index contributed by atoms with van der Waals surface area (Å²) < 4.78 is 0. The highest BCUT2D eigenvalue weighted by atomic mass is 15.1. The molecule has 4 nitrogen and oxygen atoms in total. The highest BCUT2D eigenvalue weighted by molar-refractivity contribution is 5.94. The van der Waals surface area contributed by atoms with E-state index in [0.717, 1.165) is 31.7 Å². The molecule has 0 aliphatic heterocycles. The van der Waals surface area contributed by atoms with Gasteiger partial charge in [0.25, 0.3) is 0 Å². The van der Waals surface area contributed by atoms with E-state index in [2.05, 4.69) is 43.0 Å². The largest absolute Gasteiger partial charge is 0.384 e. The van der Waals surface area contributed by atoms with E-state index < -0.39 is 0 Å². The Morgan fingerprint density at radius 1 is 1.16 bits per heavy atom. The van der Waals surface area contributed by atoms with Gasteiger partial charge in [0.1, 0.15) is 5.84 Å². The molecule has 1 aromatic rings. The van der Waals surface area contributed by atoms with Gasteiger partial charge in [0.15, 0.2) is 0 Å². The third kappa shape index (κ3) is 5.85. The summed E-state index contributed by atoms with van der Waals surface area (Å²) >= 11 is 0. The van der Waals surface area contributed by atoms with E-state index in [-0.39, 0.29) is 5.84 Å². The zero-order valence-electron chi connectivity index (χ0n) is 12.3. The Kier molecular flexibility index (Phi) is 6.53. The van der Waals surface area contributed by atoms with E-state index in [9.17, 15) is 0 Å². The maximum Gasteiger partial charge on any atom is 0.122 e. The first kappa shape index (κ1) is 15.7. The Labute approximate surface area is 116 Å². The fourth-order valence-corrected chi connectivity index (χ4v) is 2.01. The number of nitrogens with zero attached hydrogens (tertiary/aromatic N) is 2. The van der Waals surface area contributed by atoms with Crippen molar-refractivity contribution in [1.29, 1.82) is 5.41 Å². The second kappa shape index (κ2) is 7.92. The molecule has 0 unspecified atom stereocenters. The van der Waals surface area contributed by atoms with E-state index in [1.165, 1.54) is 12.0 Å². The molecule has 0 radical (unpaired) electrons. The number of nitrogen functional groups attached to an aromatic ring is 1. The van der Waals surface area contributed by atoms with Crippen LogP contribution in [0.25, 0.3) is 0 Å². The van der Waals surface area contributed by atoms with E-state index in [1.54, 1.807) is 0 Å². The SMILES string of the molecule is CCN(CCCN(C)C)Cc1ccc(C(=N)N)cc1. The molecule has 0 bridgehead atoms. The Bertz CT molecular complexity index is 384. The summed E-state index contributed by atoms with van der Waals surface area (Å²) in [5.74, 6) is 0.130. The summed E-state index contributed by atoms with van der Waals surface area (Å²) in [7, 11) is 4.22. The highest BCUT2D eigenvalue weighted by Crippen LogP contribution is 2.08. The lowest BCUT2D eigenvalue weighted by atomic mass is 10.1. The van der Waals surface area contributed by atoms with E-state index in [4.69, 9.17) is 11.1 Å². The molecule has 0 aromatic heterocycles. The molecule has 0 heterocycles. The van der Waals surface area contributed by atoms with Gasteiger partial charge < -0.3 is 10.6 Å². The van der Waals surface area contributed by atoms with Crippen molar-refractivity contribution in [2.75, 3.05) is 33.7 Å². The molecule has 0 atom stereocenters. The van der Waals surface area contributed by atoms with Gasteiger partial charge in [0.05, 0.1) is 0 Å². The zero-order valence-corrected chi connectivity index (χ0v) is 12.3. The quantitative estimate of drug-likeness (QED) is 0.554. The van der Waals surface area contributed by atoms with Crippen molar-refractivity contribution in [1.82, 2.24) is 9.80 Å². The molecule has 1 aromatic carbocycles. The van der Waals surface area contributed by atoms with Crippen LogP contribution >= 0.6 is 0 Å². The first-order chi connectivity index (χ1) is 9.02. The minimum Gasteiger partial charge on any atom is -0.384 e. The van der Waals surface area contributed by atoms with Gasteiger partial charge in [-0.15, -0.1) is 0 Å². The van der Waals surface area contributed by atoms with Crippen LogP contribution in [0, 0.1) is 5.41 Å². The molecule has 1 rings (SSSR count). The summed E-state index contributed by atoms with van der Waals surface area (Å²) in [6.07, 6.45) is 1.19. The van der Waals surface area contributed by atoms with Gasteiger partial charge in [-0.05, 0) is 45.7 Å². The highest BCUT2D eigenvalue weighted by Gasteiger charge is 2.04. The average molecular weight is 262 g/mol. The molecule has 3 N–H and O–H groups in total. The molecular weight excluding hydrogens is 236 g/mol. The standard InChI is InChI=1S/C15H26N4/c1-4-19(11-5-10-18(2)3)12-13-6-8-14(9-7-13)15(16)17/h6-9H,4-5,10-12H2,1-3H3,(H3,16,17). The zero-order chi connectivity index (χ0) is 14.3. The van der Waals surface area contributed by atoms with Gasteiger partial charge in [-0.1, -0.05) is 31.2 Å². The molecule has 0 saturated heterocycles. The van der Waals surface area contributed by atoms with Gasteiger partial charge in [-0.3, -0.25) is 10.3 Å². The lowest BCUT2D eigenvalue weighted by molar-refractivity contribution is 0.259. The minimum absolute atomic E-state index is 0.130. The summed E-state index contributed by atoms with van der Waals surface area (Å²) in [5, 5.41) is 7.38. The maximum atomic E-state index is 7.38. The molecule has 4 heteroatoms. The minimum atomic E-state index is 0.130. The number of benzene rings is 1. The smallest absolute Gasteiger partial charge is 0.122 e. The number of nitrogens with one attached hydrogen (secondary N) is 1. The molecular formula is C15H26N4. The van der Waals surface area contributed by atoms with Crippen LogP contribution in [0.15, 0.2) is 24.3 Å². The normalized spacial score (nSPS) is 11.2. The van der Waals surface area contributed by atoms with Crippen molar-refractivity contribution in [3.63, 3.8) is 0 Å². The Balaban J connectivity index is 2.48. The molecule has 106 valence electrons. The van der Waals surface area contributed by atoms with E-state index >= 15 is 0 Å². The third-order valence-corrected chi connectivity index (χ3v) is 3.20. The summed E-state index contributed by atoms with van der Waals surface area (Å²) in [6.45, 7) is 6.45. The van der Waals surface area contributed by atoms with Crippen LogP contribution in [0.2, 0.25) is 0 Å². The van der Waals surface area contributed by atoms with Crippen LogP contribution in [0.5, 0.6) is 0 Å². The second-order valence-electron chi connectivity index (χ2n) is 5.14. The topological polar surface area (TPSA) is 56.4 Å². The van der Waals surface area contributed by atoms with Crippen molar-refractivity contribution >= 4 is 5.84 Å². The number of rotatable bonds is 8. The van der Waals surface area contributed by atoms with Gasteiger partial charge >= 0.3 is 0 Å². The number of amidine groups is 1. The van der Waals surface area contributed by atoms with Crippen molar-refractivity contribution in [2.45, 2.75) is 19.9 Å². The molecule has 0 amide bonds. The summed E-state index contributed by atoms with van der Waals surface area (Å²) in [4.78, 5) is 4.65. The van der Waals surface area contributed by atoms with Gasteiger partial charge in [0.2, 0.25) is 0 Å². The lowest BCUT2D eigenvalue weighted by Gasteiger charge is -2.21. The predicted molar refractivity (Wildman–Crippen MR) is 81.6 cm³/mol. The average Bonchev–Trinajstić information content (AvgIpc) is 2.37. The van der Waals surface area contributed by atoms with Crippen molar-refractivity contribution < 1.29 is 0 Å². The summed E-state index contributed by atoms with van der Waals surface area (Å²) in [6, 6.07) is 7.97. The Hall–Kier alpha value is -1.39. The lowest BCUT2D eigenvalue weighted by Crippen LogP contribution is -2.26. The van der Waals surface area contributed by atoms with E-state index in [0.29, 0.717) is 0 Å². The van der Waals surface area contributed by atoms with Gasteiger partial charge in [-0.25, -0.2) is 0 Å². The molecule has 0 fully saturated rings. The predicted octanol–water partition coefficient (Wildman–Crippen LogP) is 1.74. The maximum absolute atomic E-state index is 7.38. The van der Waals surface area contributed by atoms with Crippen molar-refractivity contribution in [2.24, 2.45) is 5.73 Å². The fourth-order valence-electron chi connectivity index (χ4n) is 2.01. The number of hydrogen-bond donors (Lipinski definition) is 2. The first-order valence-electron chi connectivity index (χ1n) is 6.83. The molecule has 0 saturated carbocycles. The molecule has 19 heavy (non-hydrogen) atoms. The fraction of sp³-hybridized carbons (Fsp3) is 0.533. The monoisotopic (exact) mass is 262 g/mol. The van der Waals surface area contributed by atoms with Crippen LogP contribution in [-0.2, 0) is 6.54 Å². The molecule has 0 aliphatic carbocycles. The van der Waals surface area contributed by atoms with Crippen LogP contribution in [0.3, 0.4) is 0 Å². The second-order valence-corrected chi connectivity index (χ2v) is 5.14. The van der Waals surface area contributed by atoms with Crippen LogP contribution in [0.1, 0.15) is 24.5 Å². The van der Waals surface area contributed by atoms with Crippen molar-refractivity contribution in [3.8, 4) is 0 Å². The summed E-state index contributed by atoms with van der Waals surface area (Å²) in [5.41, 5.74) is 7.52. The molecule has 0 aliphatic rings. The van der Waals surface area contributed by atoms with Gasteiger partial charge in [0, 0.05) is 12.1 Å². The first-order valence-corrected chi connectivity index (χ1v) is 6.83. The van der Waals surface area contributed by atoms with Crippen LogP contribution < -0.4 is 5.73 Å². The Morgan fingerprint density at radius 2 is 1.79 bits per heavy atom. The molecule has 0 spiro atoms. The van der Waals surface area contributed by atoms with Gasteiger partial charge in [-0.2, -0.15) is 0 Å². The Morgan fingerprint density at radius 3 is 2.26 bits per heavy atom. The number of hydrogen-bond acceptors (Lipinski definition) is 3. The van der Waals surface area contributed by atoms with Crippen LogP contribution in [-0.4, -0.2) is 49.4 Å². The third-order valence-electron chi connectivity index (χ3n) is 3.20. The number of nitrogens with two attached hydrogens (primary N) is 1. The van der Waals surface area contributed by atoms with Crippen LogP contribution in [0.4, 0.5) is 0 Å².